The fourth-order valence-corrected chi connectivity index (χ4v) is 4.70. The highest BCUT2D eigenvalue weighted by Gasteiger charge is 2.28. The van der Waals surface area contributed by atoms with E-state index in [0.29, 0.717) is 20.5 Å². The zero-order valence-electron chi connectivity index (χ0n) is 15.0. The highest BCUT2D eigenvalue weighted by Crippen LogP contribution is 2.33. The molecule has 1 aliphatic heterocycles. The topological polar surface area (TPSA) is 74.3 Å². The molecule has 0 unspecified atom stereocenters. The van der Waals surface area contributed by atoms with Crippen molar-refractivity contribution in [3.8, 4) is 5.06 Å². The van der Waals surface area contributed by atoms with E-state index >= 15 is 0 Å². The predicted molar refractivity (Wildman–Crippen MR) is 115 cm³/mol. The quantitative estimate of drug-likeness (QED) is 0.360. The van der Waals surface area contributed by atoms with Gasteiger partial charge in [-0.25, -0.2) is 0 Å². The zero-order chi connectivity index (χ0) is 20.4. The molecule has 2 heterocycles. The van der Waals surface area contributed by atoms with Gasteiger partial charge in [0.2, 0.25) is 5.12 Å². The van der Waals surface area contributed by atoms with Crippen molar-refractivity contribution in [1.29, 1.82) is 0 Å². The molecule has 0 fully saturated rings. The van der Waals surface area contributed by atoms with E-state index in [4.69, 9.17) is 0 Å². The summed E-state index contributed by atoms with van der Waals surface area (Å²) in [7, 11) is 0. The van der Waals surface area contributed by atoms with Gasteiger partial charge in [-0.2, -0.15) is 11.3 Å². The molecular weight excluding hydrogens is 404 g/mol. The summed E-state index contributed by atoms with van der Waals surface area (Å²) in [4.78, 5) is 37.8. The van der Waals surface area contributed by atoms with Gasteiger partial charge < -0.3 is 5.11 Å². The fraction of sp³-hybridized carbons (Fsp3) is 0. The molecule has 0 amide bonds. The van der Waals surface area contributed by atoms with Gasteiger partial charge in [0, 0.05) is 26.1 Å². The van der Waals surface area contributed by atoms with Gasteiger partial charge in [0.05, 0.1) is 5.57 Å². The molecule has 0 N–H and O–H groups in total. The van der Waals surface area contributed by atoms with Crippen molar-refractivity contribution in [1.82, 2.24) is 0 Å². The number of benzene rings is 2. The number of rotatable bonds is 3. The van der Waals surface area contributed by atoms with Crippen molar-refractivity contribution in [2.75, 3.05) is 0 Å². The third-order valence-electron chi connectivity index (χ3n) is 4.35. The Hall–Kier alpha value is -3.22. The molecule has 1 aromatic heterocycles. The molecule has 0 saturated carbocycles. The van der Waals surface area contributed by atoms with E-state index in [1.165, 1.54) is 12.2 Å². The third kappa shape index (κ3) is 3.72. The van der Waals surface area contributed by atoms with Gasteiger partial charge in [0.25, 0.3) is 0 Å². The van der Waals surface area contributed by atoms with Gasteiger partial charge in [-0.05, 0) is 47.2 Å². The molecule has 142 valence electrons. The smallest absolute Gasteiger partial charge is 0.228 e. The molecule has 4 rings (SSSR count). The lowest BCUT2D eigenvalue weighted by Crippen LogP contribution is -2.16. The fourth-order valence-electron chi connectivity index (χ4n) is 2.93. The van der Waals surface area contributed by atoms with Crippen molar-refractivity contribution in [3.63, 3.8) is 0 Å². The highest BCUT2D eigenvalue weighted by molar-refractivity contribution is 8.14. The molecular formula is C23H13O4S2-. The number of ketones is 1. The second kappa shape index (κ2) is 8.03. The van der Waals surface area contributed by atoms with E-state index in [1.807, 2.05) is 0 Å². The first-order valence-corrected chi connectivity index (χ1v) is 10.3. The number of carbonyl (C=O) groups excluding carboxylic acids is 2. The Morgan fingerprint density at radius 1 is 0.862 bits per heavy atom. The molecule has 0 bridgehead atoms. The molecule has 4 nitrogen and oxygen atoms in total. The van der Waals surface area contributed by atoms with E-state index in [1.54, 1.807) is 66.8 Å². The minimum absolute atomic E-state index is 0.0975. The number of hydrogen-bond acceptors (Lipinski definition) is 6. The van der Waals surface area contributed by atoms with Gasteiger partial charge in [0.15, 0.2) is 11.2 Å². The van der Waals surface area contributed by atoms with Crippen LogP contribution in [0.5, 0.6) is 5.06 Å². The lowest BCUT2D eigenvalue weighted by molar-refractivity contribution is -0.262. The molecule has 3 aromatic rings. The first-order valence-electron chi connectivity index (χ1n) is 8.70. The Morgan fingerprint density at radius 3 is 2.48 bits per heavy atom. The van der Waals surface area contributed by atoms with Crippen molar-refractivity contribution >= 4 is 50.2 Å². The standard InChI is InChI=1S/C23H14O4S2/c24-20-14-8-4-6-12-18(14)28-22(26)16(20)10-2-1-3-11-17-21(25)15-9-5-7-13-19(15)29-23(17)27/h1-13,26H/p-1/b3-1?,10-2?,17-11-. The third-order valence-corrected chi connectivity index (χ3v) is 6.31. The monoisotopic (exact) mass is 417 g/mol. The van der Waals surface area contributed by atoms with Crippen LogP contribution in [0.15, 0.2) is 88.1 Å². The van der Waals surface area contributed by atoms with Gasteiger partial charge >= 0.3 is 0 Å². The average molecular weight is 417 g/mol. The van der Waals surface area contributed by atoms with E-state index in [-0.39, 0.29) is 32.5 Å². The van der Waals surface area contributed by atoms with Crippen LogP contribution in [0.25, 0.3) is 16.2 Å². The Kier molecular flexibility index (Phi) is 5.29. The van der Waals surface area contributed by atoms with Crippen molar-refractivity contribution in [2.24, 2.45) is 0 Å². The minimum Gasteiger partial charge on any atom is -0.864 e. The Morgan fingerprint density at radius 2 is 1.62 bits per heavy atom. The number of Topliss-reactive ketones (excluding diaryl/α,β-unsaturated/α-hetero) is 1. The predicted octanol–water partition coefficient (Wildman–Crippen LogP) is 4.35. The zero-order valence-corrected chi connectivity index (χ0v) is 16.6. The summed E-state index contributed by atoms with van der Waals surface area (Å²) in [6.45, 7) is 0. The summed E-state index contributed by atoms with van der Waals surface area (Å²) in [5, 5.41) is 12.1. The van der Waals surface area contributed by atoms with Crippen LogP contribution in [0.3, 0.4) is 0 Å². The van der Waals surface area contributed by atoms with Gasteiger partial charge in [-0.15, -0.1) is 0 Å². The van der Waals surface area contributed by atoms with Crippen LogP contribution in [0.4, 0.5) is 0 Å². The highest BCUT2D eigenvalue weighted by atomic mass is 32.2. The summed E-state index contributed by atoms with van der Waals surface area (Å²) >= 11 is 2.06. The molecule has 6 heteroatoms. The first kappa shape index (κ1) is 19.1. The molecule has 1 aliphatic rings. The van der Waals surface area contributed by atoms with Crippen molar-refractivity contribution < 1.29 is 14.7 Å². The lowest BCUT2D eigenvalue weighted by atomic mass is 10.0. The number of allylic oxidation sites excluding steroid dienone is 4. The largest absolute Gasteiger partial charge is 0.864 e. The maximum Gasteiger partial charge on any atom is 0.228 e. The first-order chi connectivity index (χ1) is 14.1. The molecule has 0 radical (unpaired) electrons. The second-order valence-corrected chi connectivity index (χ2v) is 8.20. The van der Waals surface area contributed by atoms with Crippen LogP contribution in [0.1, 0.15) is 15.9 Å². The van der Waals surface area contributed by atoms with E-state index < -0.39 is 0 Å². The summed E-state index contributed by atoms with van der Waals surface area (Å²) in [5.41, 5.74) is 0.399. The van der Waals surface area contributed by atoms with Crippen molar-refractivity contribution in [2.45, 2.75) is 4.90 Å². The van der Waals surface area contributed by atoms with Gasteiger partial charge in [-0.1, -0.05) is 48.6 Å². The Bertz CT molecular complexity index is 1300. The molecule has 0 atom stereocenters. The van der Waals surface area contributed by atoms with E-state index in [9.17, 15) is 19.5 Å². The minimum atomic E-state index is -0.307. The van der Waals surface area contributed by atoms with Crippen LogP contribution >= 0.6 is 23.1 Å². The summed E-state index contributed by atoms with van der Waals surface area (Å²) < 4.78 is 0.659. The summed E-state index contributed by atoms with van der Waals surface area (Å²) in [6, 6.07) is 14.0. The van der Waals surface area contributed by atoms with E-state index in [2.05, 4.69) is 0 Å². The number of carbonyl (C=O) groups is 2. The Labute approximate surface area is 174 Å². The van der Waals surface area contributed by atoms with Crippen LogP contribution in [-0.2, 0) is 4.79 Å². The molecule has 2 aromatic carbocycles. The number of fused-ring (bicyclic) bond motifs is 2. The van der Waals surface area contributed by atoms with Gasteiger partial charge in [-0.3, -0.25) is 14.4 Å². The molecule has 29 heavy (non-hydrogen) atoms. The average Bonchev–Trinajstić information content (AvgIpc) is 2.72. The SMILES string of the molecule is O=C1Sc2ccccc2C(=O)/C1=C/C=CC=Cc1c([O-])sc2ccccc2c1=O. The second-order valence-electron chi connectivity index (χ2n) is 6.17. The van der Waals surface area contributed by atoms with Crippen LogP contribution in [-0.4, -0.2) is 10.9 Å². The van der Waals surface area contributed by atoms with Crippen molar-refractivity contribution in [3.05, 3.63) is 99.8 Å². The summed E-state index contributed by atoms with van der Waals surface area (Å²) in [6.07, 6.45) is 7.59. The van der Waals surface area contributed by atoms with Crippen LogP contribution < -0.4 is 10.5 Å². The molecule has 0 spiro atoms. The molecule has 0 saturated heterocycles. The molecule has 0 aliphatic carbocycles. The van der Waals surface area contributed by atoms with Gasteiger partial charge in [0.1, 0.15) is 0 Å². The number of hydrogen-bond donors (Lipinski definition) is 0. The number of thioether (sulfide) groups is 1. The maximum absolute atomic E-state index is 12.5. The van der Waals surface area contributed by atoms with E-state index in [0.717, 1.165) is 23.1 Å². The van der Waals surface area contributed by atoms with Crippen LogP contribution in [0.2, 0.25) is 0 Å². The maximum atomic E-state index is 12.5. The Balaban J connectivity index is 1.58. The summed E-state index contributed by atoms with van der Waals surface area (Å²) in [5.74, 6) is -0.307. The normalized spacial score (nSPS) is 15.7. The lowest BCUT2D eigenvalue weighted by Gasteiger charge is -2.14. The van der Waals surface area contributed by atoms with Crippen LogP contribution in [0, 0.1) is 0 Å².